The molecule has 0 atom stereocenters. The number of fused-ring (bicyclic) bond motifs is 1. The number of nitrogens with zero attached hydrogens (tertiary/aromatic N) is 1. The number of sulfonamides is 1. The van der Waals surface area contributed by atoms with Crippen LogP contribution in [0.1, 0.15) is 6.92 Å². The van der Waals surface area contributed by atoms with Crippen LogP contribution in [0.4, 0.5) is 0 Å². The van der Waals surface area contributed by atoms with Crippen LogP contribution in [0, 0.1) is 0 Å². The zero-order valence-electron chi connectivity index (χ0n) is 12.8. The number of hydrogen-bond acceptors (Lipinski definition) is 4. The van der Waals surface area contributed by atoms with Crippen LogP contribution in [-0.2, 0) is 14.8 Å². The molecule has 2 aromatic rings. The summed E-state index contributed by atoms with van der Waals surface area (Å²) in [5, 5.41) is 3.98. The van der Waals surface area contributed by atoms with Gasteiger partial charge in [-0.05, 0) is 19.1 Å². The van der Waals surface area contributed by atoms with Gasteiger partial charge in [0.25, 0.3) is 0 Å². The Bertz CT molecular complexity index is 848. The maximum absolute atomic E-state index is 12.9. The van der Waals surface area contributed by atoms with Crippen LogP contribution in [-0.4, -0.2) is 44.9 Å². The quantitative estimate of drug-likeness (QED) is 0.916. The van der Waals surface area contributed by atoms with Gasteiger partial charge < -0.3 is 10.1 Å². The van der Waals surface area contributed by atoms with Crippen molar-refractivity contribution in [1.82, 2.24) is 9.62 Å². The number of carbonyl (C=O) groups is 1. The van der Waals surface area contributed by atoms with Gasteiger partial charge in [0.1, 0.15) is 5.75 Å². The van der Waals surface area contributed by atoms with Crippen LogP contribution in [0.5, 0.6) is 5.75 Å². The lowest BCUT2D eigenvalue weighted by molar-refractivity contribution is -0.122. The Morgan fingerprint density at radius 3 is 2.61 bits per heavy atom. The molecular formula is C16H18N2O4S. The topological polar surface area (TPSA) is 75.7 Å². The van der Waals surface area contributed by atoms with E-state index in [4.69, 9.17) is 4.74 Å². The zero-order valence-corrected chi connectivity index (χ0v) is 13.6. The van der Waals surface area contributed by atoms with Gasteiger partial charge >= 0.3 is 0 Å². The molecule has 1 amide bonds. The molecule has 3 rings (SSSR count). The number of piperazine rings is 1. The smallest absolute Gasteiger partial charge is 0.244 e. The van der Waals surface area contributed by atoms with E-state index in [-0.39, 0.29) is 23.9 Å². The Morgan fingerprint density at radius 1 is 1.17 bits per heavy atom. The van der Waals surface area contributed by atoms with Crippen LogP contribution < -0.4 is 10.1 Å². The summed E-state index contributed by atoms with van der Waals surface area (Å²) in [7, 11) is -3.74. The van der Waals surface area contributed by atoms with E-state index in [1.54, 1.807) is 24.3 Å². The molecule has 0 unspecified atom stereocenters. The minimum Gasteiger partial charge on any atom is -0.493 e. The second-order valence-electron chi connectivity index (χ2n) is 5.23. The Labute approximate surface area is 135 Å². The van der Waals surface area contributed by atoms with Crippen molar-refractivity contribution in [2.45, 2.75) is 11.8 Å². The number of rotatable bonds is 4. The van der Waals surface area contributed by atoms with Gasteiger partial charge in [-0.15, -0.1) is 0 Å². The van der Waals surface area contributed by atoms with Crippen molar-refractivity contribution < 1.29 is 17.9 Å². The first kappa shape index (κ1) is 15.8. The van der Waals surface area contributed by atoms with E-state index in [1.165, 1.54) is 4.31 Å². The molecular weight excluding hydrogens is 316 g/mol. The van der Waals surface area contributed by atoms with Gasteiger partial charge in [0.15, 0.2) is 0 Å². The van der Waals surface area contributed by atoms with E-state index in [2.05, 4.69) is 5.32 Å². The van der Waals surface area contributed by atoms with Crippen LogP contribution >= 0.6 is 0 Å². The second kappa shape index (κ2) is 6.17. The Morgan fingerprint density at radius 2 is 1.91 bits per heavy atom. The van der Waals surface area contributed by atoms with E-state index in [0.717, 1.165) is 5.39 Å². The third-order valence-corrected chi connectivity index (χ3v) is 5.67. The summed E-state index contributed by atoms with van der Waals surface area (Å²) in [4.78, 5) is 11.7. The fourth-order valence-electron chi connectivity index (χ4n) is 2.71. The number of benzene rings is 2. The van der Waals surface area contributed by atoms with Crippen molar-refractivity contribution in [2.75, 3.05) is 26.2 Å². The van der Waals surface area contributed by atoms with Gasteiger partial charge in [0.2, 0.25) is 15.9 Å². The zero-order chi connectivity index (χ0) is 16.4. The highest BCUT2D eigenvalue weighted by Crippen LogP contribution is 2.32. The molecule has 6 nitrogen and oxygen atoms in total. The highest BCUT2D eigenvalue weighted by atomic mass is 32.2. The Kier molecular flexibility index (Phi) is 4.23. The third kappa shape index (κ3) is 2.89. The minimum atomic E-state index is -3.74. The van der Waals surface area contributed by atoms with Gasteiger partial charge in [0, 0.05) is 23.9 Å². The van der Waals surface area contributed by atoms with Crippen molar-refractivity contribution in [1.29, 1.82) is 0 Å². The fourth-order valence-corrected chi connectivity index (χ4v) is 4.30. The van der Waals surface area contributed by atoms with E-state index in [9.17, 15) is 13.2 Å². The fraction of sp³-hybridized carbons (Fsp3) is 0.312. The van der Waals surface area contributed by atoms with E-state index < -0.39 is 10.0 Å². The summed E-state index contributed by atoms with van der Waals surface area (Å²) in [5.74, 6) is 0.369. The van der Waals surface area contributed by atoms with Crippen molar-refractivity contribution in [2.24, 2.45) is 0 Å². The van der Waals surface area contributed by atoms with Crippen molar-refractivity contribution >= 4 is 26.7 Å². The van der Waals surface area contributed by atoms with Gasteiger partial charge in [-0.1, -0.05) is 24.3 Å². The first-order valence-electron chi connectivity index (χ1n) is 7.45. The summed E-state index contributed by atoms with van der Waals surface area (Å²) in [5.41, 5.74) is 0. The molecule has 0 aromatic heterocycles. The third-order valence-electron chi connectivity index (χ3n) is 3.77. The molecule has 1 aliphatic heterocycles. The SMILES string of the molecule is CCOc1ccc(S(=O)(=O)N2CCNC(=O)C2)c2ccccc12. The monoisotopic (exact) mass is 334 g/mol. The number of ether oxygens (including phenoxy) is 1. The highest BCUT2D eigenvalue weighted by Gasteiger charge is 2.30. The number of carbonyl (C=O) groups excluding carboxylic acids is 1. The van der Waals surface area contributed by atoms with Crippen molar-refractivity contribution in [3.8, 4) is 5.75 Å². The lowest BCUT2D eigenvalue weighted by atomic mass is 10.1. The highest BCUT2D eigenvalue weighted by molar-refractivity contribution is 7.89. The lowest BCUT2D eigenvalue weighted by Crippen LogP contribution is -2.49. The molecule has 1 heterocycles. The summed E-state index contributed by atoms with van der Waals surface area (Å²) < 4.78 is 32.6. The predicted octanol–water partition coefficient (Wildman–Crippen LogP) is 1.36. The molecule has 0 spiro atoms. The number of nitrogens with one attached hydrogen (secondary N) is 1. The summed E-state index contributed by atoms with van der Waals surface area (Å²) in [6.07, 6.45) is 0. The standard InChI is InChI=1S/C16H18N2O4S/c1-2-22-14-7-8-15(13-6-4-3-5-12(13)14)23(20,21)18-10-9-17-16(19)11-18/h3-8H,2,9-11H2,1H3,(H,17,19). The van der Waals surface area contributed by atoms with Gasteiger partial charge in [-0.3, -0.25) is 4.79 Å². The minimum absolute atomic E-state index is 0.149. The van der Waals surface area contributed by atoms with Gasteiger partial charge in [0.05, 0.1) is 18.0 Å². The molecule has 1 saturated heterocycles. The van der Waals surface area contributed by atoms with Crippen LogP contribution in [0.2, 0.25) is 0 Å². The molecule has 0 aliphatic carbocycles. The average molecular weight is 334 g/mol. The van der Waals surface area contributed by atoms with E-state index in [0.29, 0.717) is 24.3 Å². The predicted molar refractivity (Wildman–Crippen MR) is 86.9 cm³/mol. The molecule has 1 fully saturated rings. The molecule has 122 valence electrons. The van der Waals surface area contributed by atoms with Crippen molar-refractivity contribution in [3.05, 3.63) is 36.4 Å². The van der Waals surface area contributed by atoms with E-state index >= 15 is 0 Å². The summed E-state index contributed by atoms with van der Waals surface area (Å²) in [6.45, 7) is 2.83. The largest absolute Gasteiger partial charge is 0.493 e. The Balaban J connectivity index is 2.12. The van der Waals surface area contributed by atoms with Crippen LogP contribution in [0.25, 0.3) is 10.8 Å². The second-order valence-corrected chi connectivity index (χ2v) is 7.14. The molecule has 7 heteroatoms. The summed E-state index contributed by atoms with van der Waals surface area (Å²) >= 11 is 0. The van der Waals surface area contributed by atoms with Crippen LogP contribution in [0.3, 0.4) is 0 Å². The number of amides is 1. The van der Waals surface area contributed by atoms with Gasteiger partial charge in [-0.2, -0.15) is 4.31 Å². The maximum atomic E-state index is 12.9. The Hall–Kier alpha value is -2.12. The molecule has 1 aliphatic rings. The molecule has 23 heavy (non-hydrogen) atoms. The normalized spacial score (nSPS) is 16.3. The lowest BCUT2D eigenvalue weighted by Gasteiger charge is -2.26. The first-order valence-corrected chi connectivity index (χ1v) is 8.89. The molecule has 2 aromatic carbocycles. The molecule has 1 N–H and O–H groups in total. The maximum Gasteiger partial charge on any atom is 0.244 e. The molecule has 0 bridgehead atoms. The average Bonchev–Trinajstić information content (AvgIpc) is 2.55. The molecule has 0 saturated carbocycles. The van der Waals surface area contributed by atoms with Crippen LogP contribution in [0.15, 0.2) is 41.3 Å². The van der Waals surface area contributed by atoms with Crippen molar-refractivity contribution in [3.63, 3.8) is 0 Å². The molecule has 0 radical (unpaired) electrons. The first-order chi connectivity index (χ1) is 11.0. The summed E-state index contributed by atoms with van der Waals surface area (Å²) in [6, 6.07) is 10.4. The van der Waals surface area contributed by atoms with E-state index in [1.807, 2.05) is 19.1 Å². The number of hydrogen-bond donors (Lipinski definition) is 1. The van der Waals surface area contributed by atoms with Gasteiger partial charge in [-0.25, -0.2) is 8.42 Å².